The van der Waals surface area contributed by atoms with Crippen molar-refractivity contribution in [1.82, 2.24) is 0 Å². The number of halogens is 1. The third kappa shape index (κ3) is 1.79. The highest BCUT2D eigenvalue weighted by molar-refractivity contribution is 5.94. The number of hydrogen-bond acceptors (Lipinski definition) is 4. The van der Waals surface area contributed by atoms with Gasteiger partial charge in [-0.3, -0.25) is 0 Å². The van der Waals surface area contributed by atoms with Crippen LogP contribution in [-0.4, -0.2) is 0 Å². The zero-order chi connectivity index (χ0) is 12.0. The molecule has 2 heterocycles. The van der Waals surface area contributed by atoms with Crippen molar-refractivity contribution >= 4 is 34.3 Å². The van der Waals surface area contributed by atoms with Gasteiger partial charge in [0, 0.05) is 23.4 Å². The fourth-order valence-corrected chi connectivity index (χ4v) is 1.95. The van der Waals surface area contributed by atoms with Crippen LogP contribution in [0.2, 0.25) is 0 Å². The fourth-order valence-electron chi connectivity index (χ4n) is 1.95. The van der Waals surface area contributed by atoms with E-state index in [1.165, 1.54) is 0 Å². The standard InChI is InChI=1S/C13H11NO3.ClH/c1-7-6-16-12-4-11-8(3-10(7)12)2-9(5-14)13(15)17-11;/h2-4,6H,5,14H2,1H3;1H. The number of hydrogen-bond donors (Lipinski definition) is 1. The maximum atomic E-state index is 11.5. The molecule has 2 aromatic heterocycles. The van der Waals surface area contributed by atoms with Crippen LogP contribution in [-0.2, 0) is 6.54 Å². The molecule has 3 aromatic rings. The van der Waals surface area contributed by atoms with E-state index in [0.717, 1.165) is 21.9 Å². The number of benzene rings is 1. The number of rotatable bonds is 1. The number of furan rings is 1. The fraction of sp³-hybridized carbons (Fsp3) is 0.154. The molecule has 4 nitrogen and oxygen atoms in total. The Morgan fingerprint density at radius 1 is 1.22 bits per heavy atom. The van der Waals surface area contributed by atoms with Crippen LogP contribution in [0.4, 0.5) is 0 Å². The summed E-state index contributed by atoms with van der Waals surface area (Å²) in [5, 5.41) is 1.89. The van der Waals surface area contributed by atoms with Gasteiger partial charge in [0.15, 0.2) is 0 Å². The third-order valence-electron chi connectivity index (χ3n) is 2.91. The average molecular weight is 266 g/mol. The lowest BCUT2D eigenvalue weighted by Gasteiger charge is -2.00. The monoisotopic (exact) mass is 265 g/mol. The number of nitrogens with two attached hydrogens (primary N) is 1. The van der Waals surface area contributed by atoms with E-state index in [-0.39, 0.29) is 24.6 Å². The molecule has 0 aliphatic carbocycles. The van der Waals surface area contributed by atoms with E-state index in [1.54, 1.807) is 18.4 Å². The van der Waals surface area contributed by atoms with Crippen LogP contribution in [0, 0.1) is 6.92 Å². The Hall–Kier alpha value is -1.78. The highest BCUT2D eigenvalue weighted by Crippen LogP contribution is 2.26. The number of fused-ring (bicyclic) bond motifs is 2. The van der Waals surface area contributed by atoms with Crippen molar-refractivity contribution < 1.29 is 8.83 Å². The van der Waals surface area contributed by atoms with E-state index in [4.69, 9.17) is 14.6 Å². The quantitative estimate of drug-likeness (QED) is 0.687. The lowest BCUT2D eigenvalue weighted by Crippen LogP contribution is -2.11. The Balaban J connectivity index is 0.00000120. The van der Waals surface area contributed by atoms with Gasteiger partial charge >= 0.3 is 5.63 Å². The van der Waals surface area contributed by atoms with E-state index in [1.807, 2.05) is 13.0 Å². The van der Waals surface area contributed by atoms with Crippen LogP contribution in [0.1, 0.15) is 11.1 Å². The molecule has 0 saturated carbocycles. The topological polar surface area (TPSA) is 69.4 Å². The first-order chi connectivity index (χ1) is 8.19. The van der Waals surface area contributed by atoms with Crippen LogP contribution in [0.5, 0.6) is 0 Å². The Labute approximate surface area is 109 Å². The molecular formula is C13H12ClNO3. The summed E-state index contributed by atoms with van der Waals surface area (Å²) in [6.07, 6.45) is 1.69. The van der Waals surface area contributed by atoms with Gasteiger partial charge in [-0.05, 0) is 24.6 Å². The molecule has 0 saturated heterocycles. The summed E-state index contributed by atoms with van der Waals surface area (Å²) < 4.78 is 10.6. The molecule has 18 heavy (non-hydrogen) atoms. The summed E-state index contributed by atoms with van der Waals surface area (Å²) in [6.45, 7) is 2.15. The first-order valence-electron chi connectivity index (χ1n) is 5.33. The van der Waals surface area contributed by atoms with Crippen LogP contribution in [0.25, 0.3) is 21.9 Å². The second-order valence-corrected chi connectivity index (χ2v) is 4.07. The van der Waals surface area contributed by atoms with Gasteiger partial charge in [0.25, 0.3) is 0 Å². The normalized spacial score (nSPS) is 10.8. The molecular weight excluding hydrogens is 254 g/mol. The molecule has 0 bridgehead atoms. The lowest BCUT2D eigenvalue weighted by atomic mass is 10.1. The van der Waals surface area contributed by atoms with Crippen molar-refractivity contribution in [3.63, 3.8) is 0 Å². The van der Waals surface area contributed by atoms with E-state index < -0.39 is 0 Å². The summed E-state index contributed by atoms with van der Waals surface area (Å²) in [7, 11) is 0. The molecule has 0 unspecified atom stereocenters. The molecule has 1 aromatic carbocycles. The second kappa shape index (κ2) is 4.48. The van der Waals surface area contributed by atoms with Crippen LogP contribution < -0.4 is 11.4 Å². The smallest absolute Gasteiger partial charge is 0.340 e. The number of aryl methyl sites for hydroxylation is 1. The van der Waals surface area contributed by atoms with Crippen molar-refractivity contribution in [3.05, 3.63) is 46.0 Å². The summed E-state index contributed by atoms with van der Waals surface area (Å²) in [6, 6.07) is 5.46. The molecule has 94 valence electrons. The summed E-state index contributed by atoms with van der Waals surface area (Å²) >= 11 is 0. The van der Waals surface area contributed by atoms with Gasteiger partial charge in [0.2, 0.25) is 0 Å². The predicted octanol–water partition coefficient (Wildman–Crippen LogP) is 2.73. The highest BCUT2D eigenvalue weighted by Gasteiger charge is 2.08. The summed E-state index contributed by atoms with van der Waals surface area (Å²) in [5.74, 6) is 0. The van der Waals surface area contributed by atoms with Crippen molar-refractivity contribution in [2.45, 2.75) is 13.5 Å². The van der Waals surface area contributed by atoms with Gasteiger partial charge < -0.3 is 14.6 Å². The SMILES string of the molecule is Cc1coc2cc3oc(=O)c(CN)cc3cc12.Cl. The van der Waals surface area contributed by atoms with Crippen molar-refractivity contribution in [2.75, 3.05) is 0 Å². The van der Waals surface area contributed by atoms with Gasteiger partial charge in [0.05, 0.1) is 11.8 Å². The van der Waals surface area contributed by atoms with Crippen LogP contribution in [0.3, 0.4) is 0 Å². The molecule has 0 radical (unpaired) electrons. The Morgan fingerprint density at radius 2 is 2.00 bits per heavy atom. The van der Waals surface area contributed by atoms with Gasteiger partial charge in [-0.25, -0.2) is 4.79 Å². The predicted molar refractivity (Wildman–Crippen MR) is 72.1 cm³/mol. The van der Waals surface area contributed by atoms with E-state index >= 15 is 0 Å². The molecule has 3 rings (SSSR count). The first-order valence-corrected chi connectivity index (χ1v) is 5.33. The van der Waals surface area contributed by atoms with Crippen LogP contribution in [0.15, 0.2) is 38.1 Å². The highest BCUT2D eigenvalue weighted by atomic mass is 35.5. The van der Waals surface area contributed by atoms with Gasteiger partial charge in [-0.2, -0.15) is 0 Å². The summed E-state index contributed by atoms with van der Waals surface area (Å²) in [4.78, 5) is 11.5. The zero-order valence-electron chi connectivity index (χ0n) is 9.73. The van der Waals surface area contributed by atoms with E-state index in [0.29, 0.717) is 11.1 Å². The largest absolute Gasteiger partial charge is 0.464 e. The molecule has 0 amide bonds. The molecule has 0 aliphatic heterocycles. The maximum absolute atomic E-state index is 11.5. The van der Waals surface area contributed by atoms with Gasteiger partial charge in [0.1, 0.15) is 11.2 Å². The van der Waals surface area contributed by atoms with Crippen molar-refractivity contribution in [1.29, 1.82) is 0 Å². The Morgan fingerprint density at radius 3 is 2.72 bits per heavy atom. The van der Waals surface area contributed by atoms with Crippen molar-refractivity contribution in [2.24, 2.45) is 5.73 Å². The second-order valence-electron chi connectivity index (χ2n) is 4.07. The Bertz CT molecular complexity index is 773. The molecule has 0 atom stereocenters. The van der Waals surface area contributed by atoms with Gasteiger partial charge in [-0.15, -0.1) is 12.4 Å². The minimum absolute atomic E-state index is 0. The molecule has 2 N–H and O–H groups in total. The minimum Gasteiger partial charge on any atom is -0.464 e. The Kier molecular flexibility index (Phi) is 3.15. The molecule has 5 heteroatoms. The lowest BCUT2D eigenvalue weighted by molar-refractivity contribution is 0.549. The zero-order valence-corrected chi connectivity index (χ0v) is 10.5. The first kappa shape index (κ1) is 12.7. The minimum atomic E-state index is -0.386. The molecule has 0 spiro atoms. The van der Waals surface area contributed by atoms with Gasteiger partial charge in [-0.1, -0.05) is 0 Å². The molecule has 0 fully saturated rings. The third-order valence-corrected chi connectivity index (χ3v) is 2.91. The maximum Gasteiger partial charge on any atom is 0.340 e. The summed E-state index contributed by atoms with van der Waals surface area (Å²) in [5.41, 5.74) is 7.88. The van der Waals surface area contributed by atoms with E-state index in [2.05, 4.69) is 0 Å². The van der Waals surface area contributed by atoms with Crippen molar-refractivity contribution in [3.8, 4) is 0 Å². The van der Waals surface area contributed by atoms with Crippen LogP contribution >= 0.6 is 12.4 Å². The molecule has 0 aliphatic rings. The van der Waals surface area contributed by atoms with E-state index in [9.17, 15) is 4.79 Å². The average Bonchev–Trinajstić information content (AvgIpc) is 2.67.